The van der Waals surface area contributed by atoms with Gasteiger partial charge in [-0.25, -0.2) is 4.98 Å². The number of nitrogens with one attached hydrogen (secondary N) is 1. The molecule has 13 heteroatoms. The van der Waals surface area contributed by atoms with Crippen LogP contribution in [0.15, 0.2) is 36.4 Å². The number of rotatable bonds is 11. The van der Waals surface area contributed by atoms with E-state index >= 15 is 0 Å². The Morgan fingerprint density at radius 1 is 1.12 bits per heavy atom. The molecule has 0 aliphatic rings. The van der Waals surface area contributed by atoms with Gasteiger partial charge in [-0.3, -0.25) is 10.1 Å². The third-order valence-corrected chi connectivity index (χ3v) is 4.96. The second-order valence-electron chi connectivity index (χ2n) is 7.23. The van der Waals surface area contributed by atoms with Crippen LogP contribution >= 0.6 is 0 Å². The monoisotopic (exact) mass is 474 g/mol. The van der Waals surface area contributed by atoms with E-state index in [1.54, 1.807) is 11.9 Å². The van der Waals surface area contributed by atoms with Crippen LogP contribution in [0.5, 0.6) is 0 Å². The van der Waals surface area contributed by atoms with E-state index in [1.165, 1.54) is 13.8 Å². The molecule has 0 saturated heterocycles. The first kappa shape index (κ1) is 26.1. The fourth-order valence-electron chi connectivity index (χ4n) is 3.30. The summed E-state index contributed by atoms with van der Waals surface area (Å²) in [5.74, 6) is -0.885. The molecule has 0 bridgehead atoms. The molecule has 2 N–H and O–H groups in total. The lowest BCUT2D eigenvalue weighted by atomic mass is 10.2. The maximum absolute atomic E-state index is 11.9. The van der Waals surface area contributed by atoms with Gasteiger partial charge in [-0.05, 0) is 26.0 Å². The minimum absolute atomic E-state index is 0.103. The highest BCUT2D eigenvalue weighted by molar-refractivity contribution is 5.92. The van der Waals surface area contributed by atoms with Gasteiger partial charge in [0.1, 0.15) is 23.7 Å². The van der Waals surface area contributed by atoms with E-state index < -0.39 is 34.7 Å². The number of para-hydroxylation sites is 1. The Hall–Kier alpha value is -4.13. The van der Waals surface area contributed by atoms with Crippen LogP contribution in [-0.2, 0) is 0 Å². The third-order valence-electron chi connectivity index (χ3n) is 4.96. The van der Waals surface area contributed by atoms with Crippen molar-refractivity contribution in [1.82, 2.24) is 4.98 Å². The van der Waals surface area contributed by atoms with E-state index in [2.05, 4.69) is 10.3 Å². The highest BCUT2D eigenvalue weighted by Gasteiger charge is 2.29. The Kier molecular flexibility index (Phi) is 8.95. The number of carbonyl (C=O) groups is 2. The molecule has 1 aromatic heterocycles. The summed E-state index contributed by atoms with van der Waals surface area (Å²) in [6, 6.07) is 10.3. The molecule has 1 heterocycles. The minimum Gasteiger partial charge on any atom is -0.530 e. The molecular weight excluding hydrogens is 448 g/mol. The summed E-state index contributed by atoms with van der Waals surface area (Å²) < 4.78 is 0. The fraction of sp³-hybridized carbons (Fsp3) is 0.381. The number of likely N-dealkylation sites (N-methyl/N-ethyl adjacent to an activating group) is 1. The molecule has 1 unspecified atom stereocenters. The SMILES string of the molecule is CCN(C(=O)[O-])c1cc(NCC(O)CN(C)c2ccccc2)c([N+](=O)[O-])c(N(CC)C(=O)[O-])n1. The fourth-order valence-corrected chi connectivity index (χ4v) is 3.30. The van der Waals surface area contributed by atoms with Gasteiger partial charge in [0, 0.05) is 45.0 Å². The number of amides is 2. The average molecular weight is 474 g/mol. The number of aliphatic hydroxyl groups excluding tert-OH is 1. The zero-order valence-electron chi connectivity index (χ0n) is 19.0. The van der Waals surface area contributed by atoms with E-state index in [0.29, 0.717) is 9.80 Å². The van der Waals surface area contributed by atoms with E-state index in [-0.39, 0.29) is 37.7 Å². The van der Waals surface area contributed by atoms with E-state index in [0.717, 1.165) is 11.8 Å². The molecule has 0 aliphatic carbocycles. The van der Waals surface area contributed by atoms with Gasteiger partial charge >= 0.3 is 5.69 Å². The molecule has 1 atom stereocenters. The number of nitrogens with zero attached hydrogens (tertiary/aromatic N) is 5. The number of hydrogen-bond donors (Lipinski definition) is 2. The number of pyridine rings is 1. The summed E-state index contributed by atoms with van der Waals surface area (Å²) in [5.41, 5.74) is -0.0697. The van der Waals surface area contributed by atoms with E-state index in [9.17, 15) is 35.0 Å². The minimum atomic E-state index is -1.75. The number of benzene rings is 1. The Morgan fingerprint density at radius 3 is 2.21 bits per heavy atom. The Labute approximate surface area is 196 Å². The first-order chi connectivity index (χ1) is 16.1. The zero-order valence-corrected chi connectivity index (χ0v) is 19.0. The molecule has 2 amide bonds. The van der Waals surface area contributed by atoms with Gasteiger partial charge in [0.05, 0.1) is 11.0 Å². The van der Waals surface area contributed by atoms with Crippen LogP contribution in [0.1, 0.15) is 13.8 Å². The van der Waals surface area contributed by atoms with Gasteiger partial charge in [-0.2, -0.15) is 0 Å². The number of aliphatic hydroxyl groups is 1. The largest absolute Gasteiger partial charge is 0.530 e. The molecular formula is C21H26N6O7-2. The molecule has 2 aromatic rings. The average Bonchev–Trinajstić information content (AvgIpc) is 2.78. The second kappa shape index (κ2) is 11.7. The van der Waals surface area contributed by atoms with Gasteiger partial charge in [-0.1, -0.05) is 18.2 Å². The molecule has 34 heavy (non-hydrogen) atoms. The van der Waals surface area contributed by atoms with Crippen LogP contribution in [-0.4, -0.2) is 66.5 Å². The van der Waals surface area contributed by atoms with Crippen LogP contribution in [0.25, 0.3) is 0 Å². The van der Waals surface area contributed by atoms with Crippen LogP contribution in [0.4, 0.5) is 38.3 Å². The maximum Gasteiger partial charge on any atom is 0.334 e. The summed E-state index contributed by atoms with van der Waals surface area (Å²) in [7, 11) is 1.77. The molecule has 0 spiro atoms. The number of anilines is 4. The van der Waals surface area contributed by atoms with Crippen molar-refractivity contribution in [3.05, 3.63) is 46.5 Å². The van der Waals surface area contributed by atoms with Crippen molar-refractivity contribution in [2.45, 2.75) is 20.0 Å². The summed E-state index contributed by atoms with van der Waals surface area (Å²) in [6.07, 6.45) is -4.36. The van der Waals surface area contributed by atoms with Crippen LogP contribution in [0.2, 0.25) is 0 Å². The lowest BCUT2D eigenvalue weighted by Gasteiger charge is -2.28. The van der Waals surface area contributed by atoms with Crippen LogP contribution < -0.4 is 30.2 Å². The Bertz CT molecular complexity index is 1020. The third kappa shape index (κ3) is 6.22. The summed E-state index contributed by atoms with van der Waals surface area (Å²) >= 11 is 0. The van der Waals surface area contributed by atoms with Crippen molar-refractivity contribution < 1.29 is 29.8 Å². The second-order valence-corrected chi connectivity index (χ2v) is 7.23. The molecule has 0 fully saturated rings. The molecule has 2 rings (SSSR count). The van der Waals surface area contributed by atoms with Crippen molar-refractivity contribution >= 4 is 40.9 Å². The van der Waals surface area contributed by atoms with Crippen molar-refractivity contribution in [2.24, 2.45) is 0 Å². The quantitative estimate of drug-likeness (QED) is 0.338. The zero-order chi connectivity index (χ0) is 25.4. The van der Waals surface area contributed by atoms with Crippen molar-refractivity contribution in [3.8, 4) is 0 Å². The first-order valence-electron chi connectivity index (χ1n) is 10.4. The lowest BCUT2D eigenvalue weighted by molar-refractivity contribution is -0.383. The topological polar surface area (TPSA) is 178 Å². The van der Waals surface area contributed by atoms with Crippen molar-refractivity contribution in [3.63, 3.8) is 0 Å². The van der Waals surface area contributed by atoms with E-state index in [4.69, 9.17) is 0 Å². The Balaban J connectivity index is 2.42. The van der Waals surface area contributed by atoms with Crippen LogP contribution in [0.3, 0.4) is 0 Å². The predicted octanol–water partition coefficient (Wildman–Crippen LogP) is 0.238. The molecule has 1 aromatic carbocycles. The smallest absolute Gasteiger partial charge is 0.334 e. The van der Waals surface area contributed by atoms with Gasteiger partial charge < -0.3 is 44.9 Å². The summed E-state index contributed by atoms with van der Waals surface area (Å²) in [5, 5.41) is 48.1. The molecule has 0 saturated carbocycles. The number of aromatic nitrogens is 1. The van der Waals surface area contributed by atoms with Crippen molar-refractivity contribution in [2.75, 3.05) is 53.2 Å². The van der Waals surface area contributed by atoms with Gasteiger partial charge in [-0.15, -0.1) is 0 Å². The standard InChI is InChI=1S/C21H28N6O7/c1-4-25(20(29)30)17-11-16(18(27(33)34)19(23-17)26(5-2)21(31)32)22-12-15(28)13-24(3)14-9-7-6-8-10-14/h6-11,15,28H,4-5,12-13H2,1-3H3,(H,22,23)(H,29,30)(H,31,32)/p-2. The highest BCUT2D eigenvalue weighted by Crippen LogP contribution is 2.37. The molecule has 13 nitrogen and oxygen atoms in total. The first-order valence-corrected chi connectivity index (χ1v) is 10.4. The Morgan fingerprint density at radius 2 is 1.71 bits per heavy atom. The number of carbonyl (C=O) groups excluding carboxylic acids is 2. The van der Waals surface area contributed by atoms with Gasteiger partial charge in [0.25, 0.3) is 0 Å². The van der Waals surface area contributed by atoms with Crippen LogP contribution in [0, 0.1) is 10.1 Å². The van der Waals surface area contributed by atoms with Crippen molar-refractivity contribution in [1.29, 1.82) is 0 Å². The maximum atomic E-state index is 11.9. The van der Waals surface area contributed by atoms with Gasteiger partial charge in [0.15, 0.2) is 0 Å². The lowest BCUT2D eigenvalue weighted by Crippen LogP contribution is -2.44. The molecule has 0 radical (unpaired) electrons. The number of carboxylic acid groups (broad SMARTS) is 2. The normalized spacial score (nSPS) is 11.4. The van der Waals surface area contributed by atoms with E-state index in [1.807, 2.05) is 30.3 Å². The molecule has 184 valence electrons. The predicted molar refractivity (Wildman–Crippen MR) is 122 cm³/mol. The number of hydrogen-bond acceptors (Lipinski definition) is 10. The summed E-state index contributed by atoms with van der Waals surface area (Å²) in [4.78, 5) is 41.0. The number of nitro groups is 1. The molecule has 0 aliphatic heterocycles. The highest BCUT2D eigenvalue weighted by atomic mass is 16.6. The van der Waals surface area contributed by atoms with Gasteiger partial charge in [0.2, 0.25) is 5.82 Å². The summed E-state index contributed by atoms with van der Waals surface area (Å²) in [6.45, 7) is 2.59.